The smallest absolute Gasteiger partial charge is 0.371 e. The van der Waals surface area contributed by atoms with Crippen LogP contribution in [0.5, 0.6) is 0 Å². The van der Waals surface area contributed by atoms with Crippen molar-refractivity contribution >= 4 is 31.9 Å². The molecule has 108 valence electrons. The summed E-state index contributed by atoms with van der Waals surface area (Å²) in [5.74, 6) is -1.81. The molecule has 2 rings (SSSR count). The van der Waals surface area contributed by atoms with Gasteiger partial charge in [-0.05, 0) is 22.9 Å². The molecule has 2 heterocycles. The van der Waals surface area contributed by atoms with E-state index in [1.165, 1.54) is 6.20 Å². The fraction of sp³-hybridized carbons (Fsp3) is 0.200. The van der Waals surface area contributed by atoms with Crippen molar-refractivity contribution in [2.45, 2.75) is 18.4 Å². The Bertz CT molecular complexity index is 749. The molecule has 8 nitrogen and oxygen atoms in total. The minimum absolute atomic E-state index is 0.0324. The number of furan rings is 1. The lowest BCUT2D eigenvalue weighted by Gasteiger charge is -2.04. The number of aromatic amines is 1. The predicted octanol–water partition coefficient (Wildman–Crippen LogP) is 1.25. The molecule has 0 radical (unpaired) electrons. The number of aromatic nitrogens is 2. The Hall–Kier alpha value is -1.65. The van der Waals surface area contributed by atoms with E-state index in [9.17, 15) is 13.2 Å². The van der Waals surface area contributed by atoms with Gasteiger partial charge in [-0.3, -0.25) is 5.10 Å². The highest BCUT2D eigenvalue weighted by atomic mass is 79.9. The van der Waals surface area contributed by atoms with Crippen molar-refractivity contribution in [1.82, 2.24) is 14.9 Å². The first-order valence-corrected chi connectivity index (χ1v) is 7.60. The Morgan fingerprint density at radius 2 is 2.30 bits per heavy atom. The summed E-state index contributed by atoms with van der Waals surface area (Å²) in [5, 5.41) is 15.2. The summed E-state index contributed by atoms with van der Waals surface area (Å²) in [7, 11) is -3.89. The summed E-state index contributed by atoms with van der Waals surface area (Å²) in [6.45, 7) is 1.79. The molecule has 0 amide bonds. The van der Waals surface area contributed by atoms with Crippen molar-refractivity contribution in [2.24, 2.45) is 0 Å². The topological polar surface area (TPSA) is 125 Å². The van der Waals surface area contributed by atoms with Crippen LogP contribution >= 0.6 is 15.9 Å². The standard InChI is InChI=1S/C10H10BrN3O5S/c1-5-6(3-12-14-5)4-13-20(17,18)8-2-7(10(15)16)19-9(8)11/h2-3,13H,4H2,1H3,(H,12,14)(H,15,16). The van der Waals surface area contributed by atoms with Crippen LogP contribution in [0.2, 0.25) is 0 Å². The molecule has 0 aliphatic rings. The van der Waals surface area contributed by atoms with Gasteiger partial charge in [0.25, 0.3) is 0 Å². The van der Waals surface area contributed by atoms with Gasteiger partial charge < -0.3 is 9.52 Å². The van der Waals surface area contributed by atoms with Gasteiger partial charge in [0.2, 0.25) is 15.8 Å². The first kappa shape index (κ1) is 14.8. The second-order valence-electron chi connectivity index (χ2n) is 3.90. The maximum atomic E-state index is 12.1. The Balaban J connectivity index is 2.22. The zero-order valence-corrected chi connectivity index (χ0v) is 12.6. The van der Waals surface area contributed by atoms with E-state index < -0.39 is 21.8 Å². The van der Waals surface area contributed by atoms with Crippen LogP contribution in [0.4, 0.5) is 0 Å². The SMILES string of the molecule is Cc1[nH]ncc1CNS(=O)(=O)c1cc(C(=O)O)oc1Br. The van der Waals surface area contributed by atoms with Gasteiger partial charge >= 0.3 is 5.97 Å². The maximum Gasteiger partial charge on any atom is 0.371 e. The molecular formula is C10H10BrN3O5S. The van der Waals surface area contributed by atoms with Crippen LogP contribution in [0.3, 0.4) is 0 Å². The predicted molar refractivity (Wildman–Crippen MR) is 70.7 cm³/mol. The van der Waals surface area contributed by atoms with Crippen molar-refractivity contribution in [3.8, 4) is 0 Å². The molecule has 0 spiro atoms. The lowest BCUT2D eigenvalue weighted by atomic mass is 10.3. The molecular weight excluding hydrogens is 354 g/mol. The third kappa shape index (κ3) is 2.92. The van der Waals surface area contributed by atoms with Crippen molar-refractivity contribution in [2.75, 3.05) is 0 Å². The fourth-order valence-corrected chi connectivity index (χ4v) is 3.39. The number of aryl methyl sites for hydroxylation is 1. The van der Waals surface area contributed by atoms with E-state index in [2.05, 4.69) is 30.8 Å². The number of rotatable bonds is 5. The molecule has 0 aliphatic heterocycles. The number of halogens is 1. The van der Waals surface area contributed by atoms with Gasteiger partial charge in [0, 0.05) is 23.9 Å². The van der Waals surface area contributed by atoms with Gasteiger partial charge in [0.15, 0.2) is 4.67 Å². The molecule has 20 heavy (non-hydrogen) atoms. The van der Waals surface area contributed by atoms with E-state index in [0.717, 1.165) is 11.8 Å². The Labute approximate surface area is 122 Å². The van der Waals surface area contributed by atoms with Crippen LogP contribution in [-0.2, 0) is 16.6 Å². The average molecular weight is 364 g/mol. The highest BCUT2D eigenvalue weighted by Gasteiger charge is 2.24. The van der Waals surface area contributed by atoms with Crippen molar-refractivity contribution in [3.63, 3.8) is 0 Å². The van der Waals surface area contributed by atoms with Crippen molar-refractivity contribution in [1.29, 1.82) is 0 Å². The van der Waals surface area contributed by atoms with Gasteiger partial charge in [-0.2, -0.15) is 5.10 Å². The Morgan fingerprint density at radius 3 is 2.80 bits per heavy atom. The molecule has 3 N–H and O–H groups in total. The summed E-state index contributed by atoms with van der Waals surface area (Å²) in [6.07, 6.45) is 1.50. The quantitative estimate of drug-likeness (QED) is 0.733. The van der Waals surface area contributed by atoms with Crippen LogP contribution in [0.15, 0.2) is 26.2 Å². The lowest BCUT2D eigenvalue weighted by molar-refractivity contribution is 0.0661. The van der Waals surface area contributed by atoms with Gasteiger partial charge in [-0.1, -0.05) is 0 Å². The minimum Gasteiger partial charge on any atom is -0.475 e. The lowest BCUT2D eigenvalue weighted by Crippen LogP contribution is -2.23. The van der Waals surface area contributed by atoms with E-state index in [1.807, 2.05) is 0 Å². The summed E-state index contributed by atoms with van der Waals surface area (Å²) >= 11 is 2.89. The molecule has 0 atom stereocenters. The monoisotopic (exact) mass is 363 g/mol. The number of aromatic carboxylic acids is 1. The Morgan fingerprint density at radius 1 is 1.60 bits per heavy atom. The number of hydrogen-bond acceptors (Lipinski definition) is 5. The Kier molecular flexibility index (Phi) is 3.97. The number of nitrogens with zero attached hydrogens (tertiary/aromatic N) is 1. The summed E-state index contributed by atoms with van der Waals surface area (Å²) in [5.41, 5.74) is 1.43. The molecule has 0 bridgehead atoms. The molecule has 2 aromatic rings. The normalized spacial score (nSPS) is 11.7. The van der Waals surface area contributed by atoms with Crippen molar-refractivity contribution in [3.05, 3.63) is 34.0 Å². The highest BCUT2D eigenvalue weighted by molar-refractivity contribution is 9.10. The molecule has 10 heteroatoms. The van der Waals surface area contributed by atoms with Crippen LogP contribution in [0.25, 0.3) is 0 Å². The third-order valence-corrected chi connectivity index (χ3v) is 4.80. The molecule has 0 aromatic carbocycles. The summed E-state index contributed by atoms with van der Waals surface area (Å²) in [6, 6.07) is 0.941. The van der Waals surface area contributed by atoms with E-state index in [1.54, 1.807) is 6.92 Å². The van der Waals surface area contributed by atoms with Gasteiger partial charge in [-0.25, -0.2) is 17.9 Å². The maximum absolute atomic E-state index is 12.1. The van der Waals surface area contributed by atoms with Crippen LogP contribution in [-0.4, -0.2) is 29.7 Å². The van der Waals surface area contributed by atoms with E-state index in [0.29, 0.717) is 5.56 Å². The van der Waals surface area contributed by atoms with E-state index >= 15 is 0 Å². The number of hydrogen-bond donors (Lipinski definition) is 3. The largest absolute Gasteiger partial charge is 0.475 e. The number of nitrogens with one attached hydrogen (secondary N) is 2. The number of carbonyl (C=O) groups is 1. The number of sulfonamides is 1. The molecule has 0 unspecified atom stereocenters. The zero-order valence-electron chi connectivity index (χ0n) is 10.2. The first-order valence-electron chi connectivity index (χ1n) is 5.32. The van der Waals surface area contributed by atoms with Gasteiger partial charge in [0.05, 0.1) is 6.20 Å². The molecule has 0 fully saturated rings. The fourth-order valence-electron chi connectivity index (χ4n) is 1.45. The average Bonchev–Trinajstić information content (AvgIpc) is 2.93. The van der Waals surface area contributed by atoms with Crippen LogP contribution in [0.1, 0.15) is 21.8 Å². The molecule has 0 aliphatic carbocycles. The molecule has 2 aromatic heterocycles. The second-order valence-corrected chi connectivity index (χ2v) is 6.35. The van der Waals surface area contributed by atoms with Crippen LogP contribution in [0, 0.1) is 6.92 Å². The third-order valence-electron chi connectivity index (χ3n) is 2.54. The number of carboxylic acid groups (broad SMARTS) is 1. The second kappa shape index (κ2) is 5.38. The zero-order chi connectivity index (χ0) is 14.9. The van der Waals surface area contributed by atoms with Gasteiger partial charge in [-0.15, -0.1) is 0 Å². The number of carboxylic acids is 1. The van der Waals surface area contributed by atoms with Crippen molar-refractivity contribution < 1.29 is 22.7 Å². The summed E-state index contributed by atoms with van der Waals surface area (Å²) in [4.78, 5) is 10.5. The summed E-state index contributed by atoms with van der Waals surface area (Å²) < 4.78 is 31.1. The van der Waals surface area contributed by atoms with E-state index in [-0.39, 0.29) is 16.1 Å². The highest BCUT2D eigenvalue weighted by Crippen LogP contribution is 2.26. The minimum atomic E-state index is -3.89. The molecule has 0 saturated heterocycles. The van der Waals surface area contributed by atoms with E-state index in [4.69, 9.17) is 9.52 Å². The molecule has 0 saturated carbocycles. The number of H-pyrrole nitrogens is 1. The van der Waals surface area contributed by atoms with Gasteiger partial charge in [0.1, 0.15) is 4.90 Å². The first-order chi connectivity index (χ1) is 9.31. The van der Waals surface area contributed by atoms with Crippen LogP contribution < -0.4 is 4.72 Å².